The fourth-order valence-electron chi connectivity index (χ4n) is 4.63. The summed E-state index contributed by atoms with van der Waals surface area (Å²) in [5, 5.41) is 3.37. The number of nitrogens with one attached hydrogen (secondary N) is 1. The summed E-state index contributed by atoms with van der Waals surface area (Å²) in [5.74, 6) is 1.46. The highest BCUT2D eigenvalue weighted by atomic mass is 32.2. The maximum Gasteiger partial charge on any atom is 0.244 e. The Labute approximate surface area is 186 Å². The molecule has 2 aliphatic heterocycles. The predicted molar refractivity (Wildman–Crippen MR) is 124 cm³/mol. The van der Waals surface area contributed by atoms with Gasteiger partial charge in [0.1, 0.15) is 10.7 Å². The molecule has 6 nitrogen and oxygen atoms in total. The molecule has 168 valence electrons. The number of anilines is 1. The molecule has 0 bridgehead atoms. The molecule has 1 unspecified atom stereocenters. The maximum absolute atomic E-state index is 12.8. The van der Waals surface area contributed by atoms with E-state index in [9.17, 15) is 8.42 Å². The summed E-state index contributed by atoms with van der Waals surface area (Å²) in [6.45, 7) is 7.52. The van der Waals surface area contributed by atoms with Crippen molar-refractivity contribution in [2.75, 3.05) is 31.5 Å². The van der Waals surface area contributed by atoms with Gasteiger partial charge in [0, 0.05) is 38.9 Å². The highest BCUT2D eigenvalue weighted by Gasteiger charge is 2.26. The van der Waals surface area contributed by atoms with E-state index in [0.29, 0.717) is 25.5 Å². The number of pyridine rings is 1. The molecule has 31 heavy (non-hydrogen) atoms. The van der Waals surface area contributed by atoms with Crippen LogP contribution in [-0.2, 0) is 23.1 Å². The van der Waals surface area contributed by atoms with Crippen LogP contribution in [-0.4, -0.2) is 48.8 Å². The van der Waals surface area contributed by atoms with Gasteiger partial charge >= 0.3 is 0 Å². The fraction of sp³-hybridized carbons (Fsp3) is 0.542. The van der Waals surface area contributed by atoms with Crippen LogP contribution in [0.1, 0.15) is 50.2 Å². The minimum absolute atomic E-state index is 0.277. The van der Waals surface area contributed by atoms with Crippen molar-refractivity contribution in [2.24, 2.45) is 5.92 Å². The Morgan fingerprint density at radius 3 is 2.48 bits per heavy atom. The molecular formula is C24H34N4O2S. The smallest absolute Gasteiger partial charge is 0.244 e. The minimum atomic E-state index is -3.44. The quantitative estimate of drug-likeness (QED) is 0.699. The van der Waals surface area contributed by atoms with Crippen LogP contribution in [0.3, 0.4) is 0 Å². The first kappa shape index (κ1) is 22.2. The Morgan fingerprint density at radius 1 is 1.00 bits per heavy atom. The number of likely N-dealkylation sites (tertiary alicyclic amines) is 1. The lowest BCUT2D eigenvalue weighted by molar-refractivity contribution is 0.176. The molecule has 4 rings (SSSR count). The van der Waals surface area contributed by atoms with Crippen molar-refractivity contribution in [2.45, 2.75) is 57.0 Å². The molecule has 2 fully saturated rings. The number of hydrogen-bond donors (Lipinski definition) is 1. The van der Waals surface area contributed by atoms with Crippen LogP contribution in [0.5, 0.6) is 0 Å². The zero-order valence-electron chi connectivity index (χ0n) is 18.5. The molecule has 7 heteroatoms. The third-order valence-electron chi connectivity index (χ3n) is 6.40. The highest BCUT2D eigenvalue weighted by Crippen LogP contribution is 2.22. The first-order chi connectivity index (χ1) is 15.0. The first-order valence-electron chi connectivity index (χ1n) is 11.5. The lowest BCUT2D eigenvalue weighted by atomic mass is 9.99. The van der Waals surface area contributed by atoms with Crippen LogP contribution >= 0.6 is 0 Å². The zero-order chi connectivity index (χ0) is 21.7. The Balaban J connectivity index is 1.38. The molecule has 0 aliphatic carbocycles. The van der Waals surface area contributed by atoms with E-state index < -0.39 is 10.0 Å². The molecule has 0 amide bonds. The minimum Gasteiger partial charge on any atom is -0.366 e. The summed E-state index contributed by atoms with van der Waals surface area (Å²) < 4.78 is 27.2. The van der Waals surface area contributed by atoms with Crippen molar-refractivity contribution in [3.63, 3.8) is 0 Å². The molecule has 2 aliphatic rings. The van der Waals surface area contributed by atoms with Crippen LogP contribution in [0.4, 0.5) is 5.82 Å². The summed E-state index contributed by atoms with van der Waals surface area (Å²) >= 11 is 0. The van der Waals surface area contributed by atoms with Gasteiger partial charge in [0.2, 0.25) is 10.0 Å². The molecule has 0 spiro atoms. The standard InChI is InChI=1S/C24H34N4O2S/c1-20-8-7-13-27(18-20)19-22-10-4-3-9-21(22)16-25-24-12-11-23(17-26-24)31(29,30)28-14-5-2-6-15-28/h3-4,9-12,17,20H,2,5-8,13-16,18-19H2,1H3,(H,25,26). The second-order valence-electron chi connectivity index (χ2n) is 8.95. The van der Waals surface area contributed by atoms with Gasteiger partial charge in [0.25, 0.3) is 0 Å². The molecule has 2 aromatic rings. The lowest BCUT2D eigenvalue weighted by Crippen LogP contribution is -2.35. The van der Waals surface area contributed by atoms with Crippen LogP contribution < -0.4 is 5.32 Å². The second-order valence-corrected chi connectivity index (χ2v) is 10.9. The number of hydrogen-bond acceptors (Lipinski definition) is 5. The van der Waals surface area contributed by atoms with E-state index in [1.165, 1.54) is 36.7 Å². The van der Waals surface area contributed by atoms with Crippen molar-refractivity contribution in [3.05, 3.63) is 53.7 Å². The number of benzene rings is 1. The molecule has 0 radical (unpaired) electrons. The third kappa shape index (κ3) is 5.64. The molecule has 0 saturated carbocycles. The van der Waals surface area contributed by atoms with Crippen molar-refractivity contribution < 1.29 is 8.42 Å². The Morgan fingerprint density at radius 2 is 1.77 bits per heavy atom. The van der Waals surface area contributed by atoms with Gasteiger partial charge in [-0.15, -0.1) is 0 Å². The summed E-state index contributed by atoms with van der Waals surface area (Å²) in [4.78, 5) is 7.21. The van der Waals surface area contributed by atoms with E-state index in [2.05, 4.69) is 46.4 Å². The third-order valence-corrected chi connectivity index (χ3v) is 8.28. The van der Waals surface area contributed by atoms with Crippen molar-refractivity contribution in [1.82, 2.24) is 14.2 Å². The Kier molecular flexibility index (Phi) is 7.25. The number of nitrogens with zero attached hydrogens (tertiary/aromatic N) is 3. The Hall–Kier alpha value is -1.96. The second kappa shape index (κ2) is 10.1. The number of aromatic nitrogens is 1. The van der Waals surface area contributed by atoms with Gasteiger partial charge in [-0.25, -0.2) is 13.4 Å². The molecule has 1 aromatic heterocycles. The van der Waals surface area contributed by atoms with Gasteiger partial charge in [0.05, 0.1) is 0 Å². The fourth-order valence-corrected chi connectivity index (χ4v) is 6.10. The summed E-state index contributed by atoms with van der Waals surface area (Å²) in [5.41, 5.74) is 2.60. The van der Waals surface area contributed by atoms with E-state index in [4.69, 9.17) is 0 Å². The highest BCUT2D eigenvalue weighted by molar-refractivity contribution is 7.89. The molecule has 3 heterocycles. The summed E-state index contributed by atoms with van der Waals surface area (Å²) in [6.07, 6.45) is 7.05. The zero-order valence-corrected chi connectivity index (χ0v) is 19.3. The molecule has 2 saturated heterocycles. The van der Waals surface area contributed by atoms with E-state index in [1.54, 1.807) is 16.4 Å². The van der Waals surface area contributed by atoms with E-state index >= 15 is 0 Å². The van der Waals surface area contributed by atoms with Gasteiger partial charge in [-0.3, -0.25) is 4.90 Å². The van der Waals surface area contributed by atoms with Crippen molar-refractivity contribution >= 4 is 15.8 Å². The van der Waals surface area contributed by atoms with Gasteiger partial charge in [-0.05, 0) is 61.4 Å². The van der Waals surface area contributed by atoms with Crippen LogP contribution in [0, 0.1) is 5.92 Å². The maximum atomic E-state index is 12.8. The number of piperidine rings is 2. The Bertz CT molecular complexity index is 956. The molecule has 1 N–H and O–H groups in total. The normalized spacial score (nSPS) is 21.1. The van der Waals surface area contributed by atoms with E-state index in [-0.39, 0.29) is 4.90 Å². The predicted octanol–water partition coefficient (Wildman–Crippen LogP) is 4.10. The van der Waals surface area contributed by atoms with Gasteiger partial charge < -0.3 is 5.32 Å². The van der Waals surface area contributed by atoms with Crippen LogP contribution in [0.15, 0.2) is 47.5 Å². The van der Waals surface area contributed by atoms with Gasteiger partial charge in [-0.1, -0.05) is 37.6 Å². The lowest BCUT2D eigenvalue weighted by Gasteiger charge is -2.31. The number of rotatable bonds is 7. The summed E-state index contributed by atoms with van der Waals surface area (Å²) in [7, 11) is -3.44. The monoisotopic (exact) mass is 442 g/mol. The van der Waals surface area contributed by atoms with Gasteiger partial charge in [-0.2, -0.15) is 4.31 Å². The molecular weight excluding hydrogens is 408 g/mol. The average molecular weight is 443 g/mol. The SMILES string of the molecule is CC1CCCN(Cc2ccccc2CNc2ccc(S(=O)(=O)N3CCCCC3)cn2)C1. The largest absolute Gasteiger partial charge is 0.366 e. The van der Waals surface area contributed by atoms with Crippen molar-refractivity contribution in [3.8, 4) is 0 Å². The topological polar surface area (TPSA) is 65.5 Å². The van der Waals surface area contributed by atoms with Crippen LogP contribution in [0.2, 0.25) is 0 Å². The van der Waals surface area contributed by atoms with E-state index in [0.717, 1.165) is 38.3 Å². The van der Waals surface area contributed by atoms with Crippen molar-refractivity contribution in [1.29, 1.82) is 0 Å². The average Bonchev–Trinajstić information content (AvgIpc) is 2.79. The number of sulfonamides is 1. The van der Waals surface area contributed by atoms with Gasteiger partial charge in [0.15, 0.2) is 0 Å². The summed E-state index contributed by atoms with van der Waals surface area (Å²) in [6, 6.07) is 12.0. The van der Waals surface area contributed by atoms with Crippen LogP contribution in [0.25, 0.3) is 0 Å². The molecule has 1 atom stereocenters. The molecule has 1 aromatic carbocycles. The van der Waals surface area contributed by atoms with E-state index in [1.807, 2.05) is 0 Å². The first-order valence-corrected chi connectivity index (χ1v) is 13.0.